The van der Waals surface area contributed by atoms with Crippen LogP contribution in [-0.4, -0.2) is 49.8 Å². The molecule has 6 atom stereocenters. The molecule has 0 saturated carbocycles. The summed E-state index contributed by atoms with van der Waals surface area (Å²) in [6.45, 7) is 10.8. The second kappa shape index (κ2) is 14.9. The monoisotopic (exact) mass is 588 g/mol. The van der Waals surface area contributed by atoms with E-state index in [-0.39, 0.29) is 21.6 Å². The molecular weight excluding hydrogens is 544 g/mol. The first kappa shape index (κ1) is 33.7. The van der Waals surface area contributed by atoms with Crippen LogP contribution in [0.5, 0.6) is 0 Å². The number of sulfone groups is 2. The van der Waals surface area contributed by atoms with E-state index in [1.54, 1.807) is 90.1 Å². The van der Waals surface area contributed by atoms with Gasteiger partial charge in [-0.3, -0.25) is 0 Å². The van der Waals surface area contributed by atoms with Crippen molar-refractivity contribution in [2.45, 2.75) is 86.9 Å². The van der Waals surface area contributed by atoms with Crippen LogP contribution in [0.25, 0.3) is 0 Å². The van der Waals surface area contributed by atoms with Gasteiger partial charge in [-0.2, -0.15) is 0 Å². The Labute approximate surface area is 241 Å². The molecule has 0 spiro atoms. The van der Waals surface area contributed by atoms with Crippen molar-refractivity contribution in [2.24, 2.45) is 11.8 Å². The Hall–Kier alpha value is -2.52. The van der Waals surface area contributed by atoms with Gasteiger partial charge in [-0.25, -0.2) is 16.8 Å². The van der Waals surface area contributed by atoms with E-state index in [9.17, 15) is 27.0 Å². The van der Waals surface area contributed by atoms with Crippen LogP contribution in [0, 0.1) is 11.8 Å². The Morgan fingerprint density at radius 1 is 0.625 bits per heavy atom. The molecule has 0 radical (unpaired) electrons. The second-order valence-electron chi connectivity index (χ2n) is 11.0. The molecular formula is C32H44O6S2. The number of benzene rings is 2. The number of rotatable bonds is 14. The number of allylic oxidation sites excluding steroid dienone is 4. The highest BCUT2D eigenvalue weighted by atomic mass is 32.2. The summed E-state index contributed by atoms with van der Waals surface area (Å²) in [5.41, 5.74) is 1.59. The quantitative estimate of drug-likeness (QED) is 0.265. The number of hydrogen-bond donors (Lipinski definition) is 2. The zero-order chi connectivity index (χ0) is 30.1. The van der Waals surface area contributed by atoms with Crippen LogP contribution in [0.2, 0.25) is 0 Å². The maximum absolute atomic E-state index is 13.3. The van der Waals surface area contributed by atoms with Gasteiger partial charge in [-0.15, -0.1) is 0 Å². The summed E-state index contributed by atoms with van der Waals surface area (Å²) in [5.74, 6) is -0.736. The molecule has 0 aliphatic heterocycles. The zero-order valence-corrected chi connectivity index (χ0v) is 25.9. The highest BCUT2D eigenvalue weighted by molar-refractivity contribution is 7.92. The standard InChI is InChI=1S/C32H44O6S2/c1-23(2)21-29(39(35,36)27-17-9-7-10-18-27)31(33)25(5)15-13-14-16-26(6)32(34)30(22-24(3)4)40(37,38)28-19-11-8-12-20-28/h7-14,17-22,25-26,29-34H,15-16H2,1-6H3/b14-13+. The van der Waals surface area contributed by atoms with Crippen molar-refractivity contribution < 1.29 is 27.0 Å². The van der Waals surface area contributed by atoms with Gasteiger partial charge in [0.2, 0.25) is 0 Å². The van der Waals surface area contributed by atoms with Gasteiger partial charge in [0.25, 0.3) is 0 Å². The van der Waals surface area contributed by atoms with Gasteiger partial charge in [0, 0.05) is 0 Å². The number of hydrogen-bond acceptors (Lipinski definition) is 6. The van der Waals surface area contributed by atoms with Crippen molar-refractivity contribution in [3.05, 3.63) is 96.1 Å². The lowest BCUT2D eigenvalue weighted by Crippen LogP contribution is -2.37. The van der Waals surface area contributed by atoms with Crippen LogP contribution in [0.15, 0.2) is 106 Å². The fourth-order valence-electron chi connectivity index (χ4n) is 4.48. The largest absolute Gasteiger partial charge is 0.391 e. The molecule has 220 valence electrons. The molecule has 8 heteroatoms. The maximum atomic E-state index is 13.3. The normalized spacial score (nSPS) is 16.9. The minimum Gasteiger partial charge on any atom is -0.391 e. The highest BCUT2D eigenvalue weighted by Crippen LogP contribution is 2.28. The van der Waals surface area contributed by atoms with Crippen LogP contribution in [0.1, 0.15) is 54.4 Å². The second-order valence-corrected chi connectivity index (χ2v) is 15.2. The van der Waals surface area contributed by atoms with Crippen molar-refractivity contribution in [3.8, 4) is 0 Å². The Morgan fingerprint density at radius 2 is 0.925 bits per heavy atom. The molecule has 40 heavy (non-hydrogen) atoms. The number of aliphatic hydroxyl groups is 2. The van der Waals surface area contributed by atoms with Crippen LogP contribution < -0.4 is 0 Å². The molecule has 0 bridgehead atoms. The molecule has 6 unspecified atom stereocenters. The molecule has 0 aliphatic carbocycles. The molecule has 0 aromatic heterocycles. The molecule has 2 rings (SSSR count). The van der Waals surface area contributed by atoms with Crippen LogP contribution >= 0.6 is 0 Å². The van der Waals surface area contributed by atoms with Crippen molar-refractivity contribution in [2.75, 3.05) is 0 Å². The summed E-state index contributed by atoms with van der Waals surface area (Å²) in [6, 6.07) is 16.3. The topological polar surface area (TPSA) is 109 Å². The molecule has 2 N–H and O–H groups in total. The third kappa shape index (κ3) is 8.99. The van der Waals surface area contributed by atoms with E-state index < -0.39 is 42.4 Å². The van der Waals surface area contributed by atoms with Crippen molar-refractivity contribution >= 4 is 19.7 Å². The summed E-state index contributed by atoms with van der Waals surface area (Å²) in [6.07, 6.45) is 5.48. The Bertz CT molecular complexity index is 1260. The average Bonchev–Trinajstić information content (AvgIpc) is 2.92. The molecule has 0 amide bonds. The first-order valence-electron chi connectivity index (χ1n) is 13.6. The Balaban J connectivity index is 2.14. The third-order valence-electron chi connectivity index (χ3n) is 6.88. The van der Waals surface area contributed by atoms with Crippen molar-refractivity contribution in [3.63, 3.8) is 0 Å². The minimum absolute atomic E-state index is 0.165. The lowest BCUT2D eigenvalue weighted by molar-refractivity contribution is 0.120. The van der Waals surface area contributed by atoms with E-state index in [2.05, 4.69) is 0 Å². The van der Waals surface area contributed by atoms with Crippen LogP contribution in [0.3, 0.4) is 0 Å². The first-order valence-corrected chi connectivity index (χ1v) is 16.7. The molecule has 0 fully saturated rings. The van der Waals surface area contributed by atoms with Gasteiger partial charge >= 0.3 is 0 Å². The zero-order valence-electron chi connectivity index (χ0n) is 24.3. The van der Waals surface area contributed by atoms with Gasteiger partial charge in [-0.1, -0.05) is 85.7 Å². The smallest absolute Gasteiger partial charge is 0.187 e. The molecule has 0 aliphatic rings. The maximum Gasteiger partial charge on any atom is 0.187 e. The van der Waals surface area contributed by atoms with Gasteiger partial charge in [0.15, 0.2) is 19.7 Å². The SMILES string of the molecule is CC(C)=CC(C(O)C(C)C/C=C/CC(C)C(O)C(C=C(C)C)S(=O)(=O)c1ccccc1)S(=O)(=O)c1ccccc1. The summed E-state index contributed by atoms with van der Waals surface area (Å²) < 4.78 is 53.3. The van der Waals surface area contributed by atoms with E-state index in [4.69, 9.17) is 0 Å². The lowest BCUT2D eigenvalue weighted by atomic mass is 9.94. The fraction of sp³-hybridized carbons (Fsp3) is 0.438. The summed E-state index contributed by atoms with van der Waals surface area (Å²) in [4.78, 5) is 0.331. The molecule has 0 heterocycles. The predicted molar refractivity (Wildman–Crippen MR) is 162 cm³/mol. The van der Waals surface area contributed by atoms with Gasteiger partial charge in [-0.05, 0) is 76.6 Å². The van der Waals surface area contributed by atoms with E-state index in [0.717, 1.165) is 11.1 Å². The van der Waals surface area contributed by atoms with E-state index in [0.29, 0.717) is 12.8 Å². The predicted octanol–water partition coefficient (Wildman–Crippen LogP) is 5.93. The highest BCUT2D eigenvalue weighted by Gasteiger charge is 2.36. The van der Waals surface area contributed by atoms with Gasteiger partial charge in [0.1, 0.15) is 10.5 Å². The number of aliphatic hydroxyl groups excluding tert-OH is 2. The van der Waals surface area contributed by atoms with Gasteiger partial charge < -0.3 is 10.2 Å². The Kier molecular flexibility index (Phi) is 12.6. The average molecular weight is 589 g/mol. The van der Waals surface area contributed by atoms with E-state index in [1.807, 2.05) is 12.2 Å². The summed E-state index contributed by atoms with van der Waals surface area (Å²) >= 11 is 0. The first-order chi connectivity index (χ1) is 18.7. The van der Waals surface area contributed by atoms with Crippen molar-refractivity contribution in [1.82, 2.24) is 0 Å². The fourth-order valence-corrected chi connectivity index (χ4v) is 8.36. The van der Waals surface area contributed by atoms with Crippen LogP contribution in [0.4, 0.5) is 0 Å². The molecule has 2 aromatic rings. The summed E-state index contributed by atoms with van der Waals surface area (Å²) in [5, 5.41) is 20.0. The van der Waals surface area contributed by atoms with Gasteiger partial charge in [0.05, 0.1) is 22.0 Å². The van der Waals surface area contributed by atoms with E-state index >= 15 is 0 Å². The molecule has 0 saturated heterocycles. The molecule has 6 nitrogen and oxygen atoms in total. The van der Waals surface area contributed by atoms with Crippen molar-refractivity contribution in [1.29, 1.82) is 0 Å². The van der Waals surface area contributed by atoms with Crippen LogP contribution in [-0.2, 0) is 19.7 Å². The lowest BCUT2D eigenvalue weighted by Gasteiger charge is -2.26. The summed E-state index contributed by atoms with van der Waals surface area (Å²) in [7, 11) is -7.60. The third-order valence-corrected chi connectivity index (χ3v) is 11.0. The Morgan fingerprint density at radius 3 is 1.20 bits per heavy atom. The minimum atomic E-state index is -3.80. The molecule has 2 aromatic carbocycles. The van der Waals surface area contributed by atoms with E-state index in [1.165, 1.54) is 24.3 Å².